The van der Waals surface area contributed by atoms with Crippen LogP contribution in [-0.2, 0) is 0 Å². The Hall–Kier alpha value is -1.84. The standard InChI is InChI=1S/C13H11FO3/c1-6-2-5-8(14)10-9(7-3-4-7)12(13(15)16)17-11(6)10/h2,5,7H,3-4H2,1H3,(H,15,16). The molecule has 17 heavy (non-hydrogen) atoms. The fraction of sp³-hybridized carbons (Fsp3) is 0.308. The largest absolute Gasteiger partial charge is 0.475 e. The van der Waals surface area contributed by atoms with E-state index in [1.165, 1.54) is 6.07 Å². The SMILES string of the molecule is Cc1ccc(F)c2c(C3CC3)c(C(=O)O)oc12. The van der Waals surface area contributed by atoms with Crippen molar-refractivity contribution in [2.45, 2.75) is 25.7 Å². The van der Waals surface area contributed by atoms with Crippen molar-refractivity contribution in [3.63, 3.8) is 0 Å². The first-order valence-corrected chi connectivity index (χ1v) is 5.54. The lowest BCUT2D eigenvalue weighted by Crippen LogP contribution is -1.98. The van der Waals surface area contributed by atoms with Crippen LogP contribution in [0.3, 0.4) is 0 Å². The van der Waals surface area contributed by atoms with Crippen molar-refractivity contribution in [3.8, 4) is 0 Å². The zero-order valence-electron chi connectivity index (χ0n) is 9.29. The fourth-order valence-electron chi connectivity index (χ4n) is 2.24. The third-order valence-corrected chi connectivity index (χ3v) is 3.20. The highest BCUT2D eigenvalue weighted by molar-refractivity contribution is 5.97. The molecule has 1 saturated carbocycles. The van der Waals surface area contributed by atoms with Crippen LogP contribution in [0.4, 0.5) is 4.39 Å². The molecule has 1 aliphatic carbocycles. The predicted octanol–water partition coefficient (Wildman–Crippen LogP) is 3.46. The lowest BCUT2D eigenvalue weighted by atomic mass is 10.0. The number of halogens is 1. The van der Waals surface area contributed by atoms with Crippen molar-refractivity contribution in [1.29, 1.82) is 0 Å². The van der Waals surface area contributed by atoms with Crippen molar-refractivity contribution in [1.82, 2.24) is 0 Å². The van der Waals surface area contributed by atoms with Gasteiger partial charge < -0.3 is 9.52 Å². The Morgan fingerprint density at radius 2 is 2.18 bits per heavy atom. The van der Waals surface area contributed by atoms with E-state index >= 15 is 0 Å². The summed E-state index contributed by atoms with van der Waals surface area (Å²) < 4.78 is 19.2. The van der Waals surface area contributed by atoms with Gasteiger partial charge in [-0.05, 0) is 37.3 Å². The molecule has 3 nitrogen and oxygen atoms in total. The van der Waals surface area contributed by atoms with Crippen LogP contribution < -0.4 is 0 Å². The number of hydrogen-bond donors (Lipinski definition) is 1. The second-order valence-electron chi connectivity index (χ2n) is 4.49. The maximum absolute atomic E-state index is 13.8. The molecular weight excluding hydrogens is 223 g/mol. The minimum atomic E-state index is -1.12. The van der Waals surface area contributed by atoms with Crippen LogP contribution in [0.25, 0.3) is 11.0 Å². The molecule has 0 spiro atoms. The highest BCUT2D eigenvalue weighted by Crippen LogP contribution is 2.47. The van der Waals surface area contributed by atoms with Gasteiger partial charge in [0.2, 0.25) is 5.76 Å². The van der Waals surface area contributed by atoms with E-state index in [1.807, 2.05) is 0 Å². The summed E-state index contributed by atoms with van der Waals surface area (Å²) in [4.78, 5) is 11.1. The summed E-state index contributed by atoms with van der Waals surface area (Å²) in [5.74, 6) is -1.49. The van der Waals surface area contributed by atoms with Gasteiger partial charge in [0.25, 0.3) is 0 Å². The molecule has 2 aromatic rings. The number of rotatable bonds is 2. The molecule has 0 atom stereocenters. The molecule has 0 amide bonds. The van der Waals surface area contributed by atoms with Crippen LogP contribution in [0, 0.1) is 12.7 Å². The zero-order chi connectivity index (χ0) is 12.2. The number of fused-ring (bicyclic) bond motifs is 1. The van der Waals surface area contributed by atoms with Gasteiger partial charge >= 0.3 is 5.97 Å². The van der Waals surface area contributed by atoms with Crippen molar-refractivity contribution in [3.05, 3.63) is 34.8 Å². The highest BCUT2D eigenvalue weighted by Gasteiger charge is 2.34. The van der Waals surface area contributed by atoms with E-state index in [0.717, 1.165) is 18.4 Å². The molecule has 4 heteroatoms. The zero-order valence-corrected chi connectivity index (χ0v) is 9.29. The van der Waals surface area contributed by atoms with Gasteiger partial charge in [0.15, 0.2) is 0 Å². The normalized spacial score (nSPS) is 15.4. The Labute approximate surface area is 96.8 Å². The number of carboxylic acids is 1. The number of carboxylic acid groups (broad SMARTS) is 1. The second-order valence-corrected chi connectivity index (χ2v) is 4.49. The molecule has 88 valence electrons. The number of hydrogen-bond acceptors (Lipinski definition) is 2. The van der Waals surface area contributed by atoms with Gasteiger partial charge in [-0.15, -0.1) is 0 Å². The number of aryl methyl sites for hydroxylation is 1. The van der Waals surface area contributed by atoms with Crippen molar-refractivity contribution in [2.24, 2.45) is 0 Å². The summed E-state index contributed by atoms with van der Waals surface area (Å²) in [5, 5.41) is 9.46. The Morgan fingerprint density at radius 3 is 2.76 bits per heavy atom. The lowest BCUT2D eigenvalue weighted by Gasteiger charge is -1.98. The summed E-state index contributed by atoms with van der Waals surface area (Å²) in [7, 11) is 0. The molecule has 0 unspecified atom stereocenters. The molecule has 1 aliphatic rings. The van der Waals surface area contributed by atoms with Crippen LogP contribution in [0.5, 0.6) is 0 Å². The average molecular weight is 234 g/mol. The maximum atomic E-state index is 13.8. The minimum Gasteiger partial charge on any atom is -0.475 e. The first-order chi connectivity index (χ1) is 8.09. The Bertz CT molecular complexity index is 623. The van der Waals surface area contributed by atoms with Crippen LogP contribution in [-0.4, -0.2) is 11.1 Å². The third-order valence-electron chi connectivity index (χ3n) is 3.20. The van der Waals surface area contributed by atoms with Gasteiger partial charge in [0.1, 0.15) is 11.4 Å². The number of benzene rings is 1. The summed E-state index contributed by atoms with van der Waals surface area (Å²) in [6, 6.07) is 2.97. The maximum Gasteiger partial charge on any atom is 0.372 e. The number of furan rings is 1. The van der Waals surface area contributed by atoms with E-state index < -0.39 is 11.8 Å². The molecule has 0 bridgehead atoms. The van der Waals surface area contributed by atoms with Gasteiger partial charge in [-0.25, -0.2) is 9.18 Å². The van der Waals surface area contributed by atoms with Gasteiger partial charge in [0, 0.05) is 5.56 Å². The van der Waals surface area contributed by atoms with Gasteiger partial charge in [-0.2, -0.15) is 0 Å². The summed E-state index contributed by atoms with van der Waals surface area (Å²) in [5.41, 5.74) is 1.66. The molecule has 1 heterocycles. The monoisotopic (exact) mass is 234 g/mol. The van der Waals surface area contributed by atoms with Crippen molar-refractivity contribution >= 4 is 16.9 Å². The van der Waals surface area contributed by atoms with Gasteiger partial charge in [-0.1, -0.05) is 6.07 Å². The van der Waals surface area contributed by atoms with E-state index in [0.29, 0.717) is 16.5 Å². The van der Waals surface area contributed by atoms with E-state index in [2.05, 4.69) is 0 Å². The van der Waals surface area contributed by atoms with Crippen LogP contribution in [0.2, 0.25) is 0 Å². The lowest BCUT2D eigenvalue weighted by molar-refractivity contribution is 0.0663. The molecule has 1 aromatic heterocycles. The van der Waals surface area contributed by atoms with E-state index in [-0.39, 0.29) is 11.7 Å². The van der Waals surface area contributed by atoms with Crippen LogP contribution in [0.15, 0.2) is 16.5 Å². The summed E-state index contributed by atoms with van der Waals surface area (Å²) in [6.45, 7) is 1.79. The minimum absolute atomic E-state index is 0.101. The molecule has 1 fully saturated rings. The van der Waals surface area contributed by atoms with E-state index in [9.17, 15) is 9.18 Å². The van der Waals surface area contributed by atoms with E-state index in [1.54, 1.807) is 13.0 Å². The first-order valence-electron chi connectivity index (χ1n) is 5.54. The van der Waals surface area contributed by atoms with Crippen molar-refractivity contribution in [2.75, 3.05) is 0 Å². The van der Waals surface area contributed by atoms with Gasteiger partial charge in [0.05, 0.1) is 5.39 Å². The summed E-state index contributed by atoms with van der Waals surface area (Å²) in [6.07, 6.45) is 1.81. The molecular formula is C13H11FO3. The topological polar surface area (TPSA) is 50.4 Å². The molecule has 3 rings (SSSR count). The smallest absolute Gasteiger partial charge is 0.372 e. The molecule has 0 radical (unpaired) electrons. The molecule has 1 aromatic carbocycles. The van der Waals surface area contributed by atoms with Gasteiger partial charge in [-0.3, -0.25) is 0 Å². The Kier molecular flexibility index (Phi) is 2.02. The first kappa shape index (κ1) is 10.3. The number of carbonyl (C=O) groups is 1. The Morgan fingerprint density at radius 1 is 1.47 bits per heavy atom. The van der Waals surface area contributed by atoms with E-state index in [4.69, 9.17) is 9.52 Å². The fourth-order valence-corrected chi connectivity index (χ4v) is 2.24. The second kappa shape index (κ2) is 3.32. The quantitative estimate of drug-likeness (QED) is 0.865. The van der Waals surface area contributed by atoms with Crippen LogP contribution >= 0.6 is 0 Å². The average Bonchev–Trinajstić information content (AvgIpc) is 3.03. The van der Waals surface area contributed by atoms with Crippen LogP contribution in [0.1, 0.15) is 40.4 Å². The third kappa shape index (κ3) is 1.44. The molecule has 1 N–H and O–H groups in total. The predicted molar refractivity (Wildman–Crippen MR) is 59.8 cm³/mol. The number of aromatic carboxylic acids is 1. The highest BCUT2D eigenvalue weighted by atomic mass is 19.1. The molecule has 0 saturated heterocycles. The molecule has 0 aliphatic heterocycles. The Balaban J connectivity index is 2.42. The van der Waals surface area contributed by atoms with Crippen molar-refractivity contribution < 1.29 is 18.7 Å². The summed E-state index contributed by atoms with van der Waals surface area (Å²) >= 11 is 0.